The van der Waals surface area contributed by atoms with Crippen molar-refractivity contribution in [1.82, 2.24) is 0 Å². The molecule has 0 N–H and O–H groups in total. The molecule has 3 nitrogen and oxygen atoms in total. The van der Waals surface area contributed by atoms with Crippen LogP contribution in [-0.4, -0.2) is 25.5 Å². The molecule has 86 valence electrons. The molecule has 1 heterocycles. The van der Waals surface area contributed by atoms with Crippen LogP contribution >= 0.6 is 0 Å². The second kappa shape index (κ2) is 4.56. The Morgan fingerprint density at radius 3 is 2.94 bits per heavy atom. The van der Waals surface area contributed by atoms with E-state index in [1.165, 1.54) is 0 Å². The summed E-state index contributed by atoms with van der Waals surface area (Å²) in [6.45, 7) is 2.91. The van der Waals surface area contributed by atoms with Crippen molar-refractivity contribution in [2.24, 2.45) is 0 Å². The van der Waals surface area contributed by atoms with Gasteiger partial charge in [0.25, 0.3) is 0 Å². The number of piperidine rings is 1. The van der Waals surface area contributed by atoms with E-state index in [2.05, 4.69) is 17.9 Å². The Labute approximate surface area is 96.0 Å². The summed E-state index contributed by atoms with van der Waals surface area (Å²) in [6.07, 6.45) is 1.30. The molecule has 1 atom stereocenters. The summed E-state index contributed by atoms with van der Waals surface area (Å²) in [5, 5.41) is 0. The Bertz CT molecular complexity index is 389. The van der Waals surface area contributed by atoms with Gasteiger partial charge in [-0.05, 0) is 19.1 Å². The second-order valence-corrected chi connectivity index (χ2v) is 4.24. The number of nitrogens with zero attached hydrogens (tertiary/aromatic N) is 1. The lowest BCUT2D eigenvalue weighted by molar-refractivity contribution is -0.120. The third kappa shape index (κ3) is 2.18. The van der Waals surface area contributed by atoms with Crippen LogP contribution in [0.5, 0.6) is 5.75 Å². The monoisotopic (exact) mass is 219 g/mol. The molecule has 16 heavy (non-hydrogen) atoms. The van der Waals surface area contributed by atoms with Crippen molar-refractivity contribution in [3.8, 4) is 5.75 Å². The average Bonchev–Trinajstić information content (AvgIpc) is 2.29. The van der Waals surface area contributed by atoms with Gasteiger partial charge in [-0.15, -0.1) is 0 Å². The first kappa shape index (κ1) is 11.0. The summed E-state index contributed by atoms with van der Waals surface area (Å²) in [4.78, 5) is 13.6. The van der Waals surface area contributed by atoms with Crippen LogP contribution in [-0.2, 0) is 4.79 Å². The first-order valence-corrected chi connectivity index (χ1v) is 5.63. The van der Waals surface area contributed by atoms with Gasteiger partial charge in [0.15, 0.2) is 0 Å². The fourth-order valence-corrected chi connectivity index (χ4v) is 2.18. The van der Waals surface area contributed by atoms with E-state index in [1.807, 2.05) is 18.2 Å². The number of Topliss-reactive ketones (excluding diaryl/α,β-unsaturated/α-hetero) is 1. The standard InChI is InChI=1S/C13H17NO2/c1-10-8-12(15)6-7-14(10)11-4-3-5-13(9-11)16-2/h3-5,9-10H,6-8H2,1-2H3. The molecule has 3 heteroatoms. The lowest BCUT2D eigenvalue weighted by Crippen LogP contribution is -2.41. The van der Waals surface area contributed by atoms with Crippen LogP contribution in [0.4, 0.5) is 5.69 Å². The van der Waals surface area contributed by atoms with Gasteiger partial charge >= 0.3 is 0 Å². The maximum absolute atomic E-state index is 11.3. The van der Waals surface area contributed by atoms with E-state index >= 15 is 0 Å². The largest absolute Gasteiger partial charge is 0.497 e. The minimum absolute atomic E-state index is 0.286. The van der Waals surface area contributed by atoms with E-state index in [-0.39, 0.29) is 6.04 Å². The normalized spacial score (nSPS) is 21.0. The number of rotatable bonds is 2. The Morgan fingerprint density at radius 2 is 2.25 bits per heavy atom. The number of hydrogen-bond acceptors (Lipinski definition) is 3. The molecule has 1 aromatic rings. The molecule has 1 aliphatic rings. The molecule has 0 saturated carbocycles. The number of anilines is 1. The topological polar surface area (TPSA) is 29.5 Å². The smallest absolute Gasteiger partial charge is 0.136 e. The van der Waals surface area contributed by atoms with E-state index in [4.69, 9.17) is 4.74 Å². The maximum atomic E-state index is 11.3. The molecule has 1 aliphatic heterocycles. The van der Waals surface area contributed by atoms with Gasteiger partial charge < -0.3 is 9.64 Å². The minimum Gasteiger partial charge on any atom is -0.497 e. The molecule has 0 spiro atoms. The van der Waals surface area contributed by atoms with Crippen LogP contribution in [0, 0.1) is 0 Å². The van der Waals surface area contributed by atoms with Crippen molar-refractivity contribution in [2.75, 3.05) is 18.6 Å². The first-order chi connectivity index (χ1) is 7.70. The SMILES string of the molecule is COc1cccc(N2CCC(=O)CC2C)c1. The molecular weight excluding hydrogens is 202 g/mol. The molecule has 1 unspecified atom stereocenters. The van der Waals surface area contributed by atoms with Crippen LogP contribution in [0.1, 0.15) is 19.8 Å². The van der Waals surface area contributed by atoms with Gasteiger partial charge in [0.1, 0.15) is 11.5 Å². The van der Waals surface area contributed by atoms with Crippen LogP contribution in [0.3, 0.4) is 0 Å². The third-order valence-corrected chi connectivity index (χ3v) is 3.07. The quantitative estimate of drug-likeness (QED) is 0.764. The predicted octanol–water partition coefficient (Wildman–Crippen LogP) is 2.25. The number of carbonyl (C=O) groups excluding carboxylic acids is 1. The van der Waals surface area contributed by atoms with Crippen molar-refractivity contribution >= 4 is 11.5 Å². The van der Waals surface area contributed by atoms with Gasteiger partial charge in [-0.3, -0.25) is 4.79 Å². The van der Waals surface area contributed by atoms with E-state index in [0.29, 0.717) is 18.6 Å². The third-order valence-electron chi connectivity index (χ3n) is 3.07. The zero-order valence-electron chi connectivity index (χ0n) is 9.77. The summed E-state index contributed by atoms with van der Waals surface area (Å²) in [5.74, 6) is 1.23. The molecule has 2 rings (SSSR count). The molecule has 0 aromatic heterocycles. The Hall–Kier alpha value is -1.51. The summed E-state index contributed by atoms with van der Waals surface area (Å²) in [5.41, 5.74) is 1.14. The maximum Gasteiger partial charge on any atom is 0.136 e. The van der Waals surface area contributed by atoms with Crippen molar-refractivity contribution < 1.29 is 9.53 Å². The van der Waals surface area contributed by atoms with Gasteiger partial charge in [-0.25, -0.2) is 0 Å². The number of carbonyl (C=O) groups is 1. The number of hydrogen-bond donors (Lipinski definition) is 0. The highest BCUT2D eigenvalue weighted by atomic mass is 16.5. The van der Waals surface area contributed by atoms with Gasteiger partial charge in [-0.2, -0.15) is 0 Å². The van der Waals surface area contributed by atoms with Crippen molar-refractivity contribution in [1.29, 1.82) is 0 Å². The van der Waals surface area contributed by atoms with Crippen LogP contribution < -0.4 is 9.64 Å². The zero-order valence-corrected chi connectivity index (χ0v) is 9.77. The number of ether oxygens (including phenoxy) is 1. The predicted molar refractivity (Wildman–Crippen MR) is 64.0 cm³/mol. The first-order valence-electron chi connectivity index (χ1n) is 5.63. The Morgan fingerprint density at radius 1 is 1.44 bits per heavy atom. The second-order valence-electron chi connectivity index (χ2n) is 4.24. The molecule has 0 bridgehead atoms. The van der Waals surface area contributed by atoms with Gasteiger partial charge in [-0.1, -0.05) is 6.07 Å². The number of methoxy groups -OCH3 is 1. The number of benzene rings is 1. The van der Waals surface area contributed by atoms with Crippen LogP contribution in [0.25, 0.3) is 0 Å². The van der Waals surface area contributed by atoms with Gasteiger partial charge in [0.2, 0.25) is 0 Å². The Kier molecular flexibility index (Phi) is 3.13. The molecule has 0 aliphatic carbocycles. The molecule has 1 fully saturated rings. The lowest BCUT2D eigenvalue weighted by Gasteiger charge is -2.34. The summed E-state index contributed by atoms with van der Waals surface area (Å²) < 4.78 is 5.21. The van der Waals surface area contributed by atoms with Crippen LogP contribution in [0.2, 0.25) is 0 Å². The van der Waals surface area contributed by atoms with Crippen molar-refractivity contribution in [2.45, 2.75) is 25.8 Å². The molecule has 1 saturated heterocycles. The van der Waals surface area contributed by atoms with Gasteiger partial charge in [0.05, 0.1) is 7.11 Å². The molecule has 0 amide bonds. The summed E-state index contributed by atoms with van der Waals surface area (Å²) in [6, 6.07) is 8.29. The van der Waals surface area contributed by atoms with Crippen LogP contribution in [0.15, 0.2) is 24.3 Å². The fraction of sp³-hybridized carbons (Fsp3) is 0.462. The van der Waals surface area contributed by atoms with Gasteiger partial charge in [0, 0.05) is 37.2 Å². The summed E-state index contributed by atoms with van der Waals surface area (Å²) in [7, 11) is 1.67. The van der Waals surface area contributed by atoms with E-state index < -0.39 is 0 Å². The number of ketones is 1. The van der Waals surface area contributed by atoms with Crippen molar-refractivity contribution in [3.63, 3.8) is 0 Å². The molecule has 1 aromatic carbocycles. The van der Waals surface area contributed by atoms with Crippen molar-refractivity contribution in [3.05, 3.63) is 24.3 Å². The lowest BCUT2D eigenvalue weighted by atomic mass is 10.0. The fourth-order valence-electron chi connectivity index (χ4n) is 2.18. The zero-order chi connectivity index (χ0) is 11.5. The van der Waals surface area contributed by atoms with E-state index in [0.717, 1.165) is 18.0 Å². The minimum atomic E-state index is 0.286. The van der Waals surface area contributed by atoms with E-state index in [9.17, 15) is 4.79 Å². The molecule has 0 radical (unpaired) electrons. The Balaban J connectivity index is 2.19. The molecular formula is C13H17NO2. The van der Waals surface area contributed by atoms with E-state index in [1.54, 1.807) is 7.11 Å². The highest BCUT2D eigenvalue weighted by Gasteiger charge is 2.23. The average molecular weight is 219 g/mol. The summed E-state index contributed by atoms with van der Waals surface area (Å²) >= 11 is 0. The highest BCUT2D eigenvalue weighted by Crippen LogP contribution is 2.26. The highest BCUT2D eigenvalue weighted by molar-refractivity contribution is 5.81.